The monoisotopic (exact) mass is 410 g/mol. The molecule has 29 heavy (non-hydrogen) atoms. The first-order valence-electron chi connectivity index (χ1n) is 9.59. The van der Waals surface area contributed by atoms with Gasteiger partial charge in [-0.2, -0.15) is 5.10 Å². The molecule has 1 atom stereocenters. The fraction of sp³-hybridized carbons (Fsp3) is 0.350. The summed E-state index contributed by atoms with van der Waals surface area (Å²) >= 11 is 1.63. The van der Waals surface area contributed by atoms with Crippen LogP contribution in [0.4, 0.5) is 0 Å². The van der Waals surface area contributed by atoms with Gasteiger partial charge >= 0.3 is 0 Å². The predicted molar refractivity (Wildman–Crippen MR) is 110 cm³/mol. The van der Waals surface area contributed by atoms with Gasteiger partial charge in [0.2, 0.25) is 11.8 Å². The molecule has 2 amide bonds. The van der Waals surface area contributed by atoms with Crippen LogP contribution >= 0.6 is 11.3 Å². The zero-order valence-corrected chi connectivity index (χ0v) is 16.9. The third-order valence-electron chi connectivity index (χ3n) is 5.02. The number of aromatic nitrogens is 4. The minimum absolute atomic E-state index is 0.0494. The van der Waals surface area contributed by atoms with Gasteiger partial charge in [-0.25, -0.2) is 0 Å². The molecule has 4 rings (SSSR count). The molecule has 1 fully saturated rings. The van der Waals surface area contributed by atoms with Crippen molar-refractivity contribution in [2.45, 2.75) is 19.9 Å². The molecule has 0 bridgehead atoms. The molecule has 1 aliphatic rings. The van der Waals surface area contributed by atoms with E-state index in [1.54, 1.807) is 41.0 Å². The van der Waals surface area contributed by atoms with E-state index in [0.717, 1.165) is 21.8 Å². The number of hydrogen-bond acceptors (Lipinski definition) is 6. The number of nitrogens with one attached hydrogen (secondary N) is 1. The number of likely N-dealkylation sites (tertiary alicyclic amines) is 1. The molecule has 0 saturated carbocycles. The van der Waals surface area contributed by atoms with Gasteiger partial charge in [0.05, 0.1) is 41.1 Å². The Morgan fingerprint density at radius 3 is 2.93 bits per heavy atom. The molecule has 0 spiro atoms. The SMILES string of the molecule is CCN1C[C@@H](C(=O)NCCn2ncc(-c3cnccn3)c2-c2cccs2)CC1=O. The van der Waals surface area contributed by atoms with Crippen LogP contribution in [-0.2, 0) is 16.1 Å². The summed E-state index contributed by atoms with van der Waals surface area (Å²) in [6.45, 7) is 4.04. The maximum Gasteiger partial charge on any atom is 0.225 e. The second-order valence-electron chi connectivity index (χ2n) is 6.82. The van der Waals surface area contributed by atoms with E-state index in [-0.39, 0.29) is 17.7 Å². The molecule has 1 aliphatic heterocycles. The van der Waals surface area contributed by atoms with Gasteiger partial charge in [0.1, 0.15) is 0 Å². The van der Waals surface area contributed by atoms with Crippen molar-refractivity contribution in [2.24, 2.45) is 5.92 Å². The molecule has 150 valence electrons. The minimum atomic E-state index is -0.271. The largest absolute Gasteiger partial charge is 0.354 e. The van der Waals surface area contributed by atoms with E-state index in [1.165, 1.54) is 0 Å². The van der Waals surface area contributed by atoms with Gasteiger partial charge in [-0.15, -0.1) is 11.3 Å². The first-order chi connectivity index (χ1) is 14.2. The first-order valence-corrected chi connectivity index (χ1v) is 10.5. The number of hydrogen-bond donors (Lipinski definition) is 1. The summed E-state index contributed by atoms with van der Waals surface area (Å²) in [5.74, 6) is -0.298. The summed E-state index contributed by atoms with van der Waals surface area (Å²) < 4.78 is 1.88. The summed E-state index contributed by atoms with van der Waals surface area (Å²) in [7, 11) is 0. The molecule has 3 aromatic rings. The van der Waals surface area contributed by atoms with Crippen molar-refractivity contribution in [3.63, 3.8) is 0 Å². The van der Waals surface area contributed by atoms with Gasteiger partial charge in [0.15, 0.2) is 0 Å². The Morgan fingerprint density at radius 1 is 1.34 bits per heavy atom. The fourth-order valence-electron chi connectivity index (χ4n) is 3.54. The predicted octanol–water partition coefficient (Wildman–Crippen LogP) is 2.05. The van der Waals surface area contributed by atoms with Gasteiger partial charge in [0, 0.05) is 44.0 Å². The molecule has 0 unspecified atom stereocenters. The second kappa shape index (κ2) is 8.52. The number of carbonyl (C=O) groups is 2. The fourth-order valence-corrected chi connectivity index (χ4v) is 4.32. The lowest BCUT2D eigenvalue weighted by Crippen LogP contribution is -2.34. The van der Waals surface area contributed by atoms with Crippen LogP contribution in [0.2, 0.25) is 0 Å². The molecule has 0 aliphatic carbocycles. The van der Waals surface area contributed by atoms with Crippen molar-refractivity contribution in [2.75, 3.05) is 19.6 Å². The van der Waals surface area contributed by atoms with E-state index >= 15 is 0 Å². The smallest absolute Gasteiger partial charge is 0.225 e. The lowest BCUT2D eigenvalue weighted by atomic mass is 10.1. The molecule has 4 heterocycles. The summed E-state index contributed by atoms with van der Waals surface area (Å²) in [5, 5.41) is 9.50. The van der Waals surface area contributed by atoms with Gasteiger partial charge < -0.3 is 10.2 Å². The van der Waals surface area contributed by atoms with Crippen molar-refractivity contribution >= 4 is 23.2 Å². The summed E-state index contributed by atoms with van der Waals surface area (Å²) in [6.07, 6.45) is 7.10. The van der Waals surface area contributed by atoms with E-state index in [2.05, 4.69) is 20.4 Å². The summed E-state index contributed by atoms with van der Waals surface area (Å²) in [4.78, 5) is 35.7. The van der Waals surface area contributed by atoms with Crippen molar-refractivity contribution in [3.8, 4) is 21.8 Å². The summed E-state index contributed by atoms with van der Waals surface area (Å²) in [5.41, 5.74) is 2.63. The third-order valence-corrected chi connectivity index (χ3v) is 5.90. The molecular weight excluding hydrogens is 388 g/mol. The second-order valence-corrected chi connectivity index (χ2v) is 7.77. The van der Waals surface area contributed by atoms with E-state index in [1.807, 2.05) is 29.1 Å². The van der Waals surface area contributed by atoms with Crippen LogP contribution in [0.5, 0.6) is 0 Å². The van der Waals surface area contributed by atoms with Crippen LogP contribution in [0.25, 0.3) is 21.8 Å². The van der Waals surface area contributed by atoms with Gasteiger partial charge in [-0.1, -0.05) is 6.07 Å². The van der Waals surface area contributed by atoms with E-state index in [4.69, 9.17) is 0 Å². The minimum Gasteiger partial charge on any atom is -0.354 e. The average Bonchev–Trinajstić information content (AvgIpc) is 3.47. The van der Waals surface area contributed by atoms with Crippen LogP contribution in [-0.4, -0.2) is 56.1 Å². The highest BCUT2D eigenvalue weighted by atomic mass is 32.1. The molecule has 1 N–H and O–H groups in total. The Balaban J connectivity index is 1.46. The molecule has 8 nitrogen and oxygen atoms in total. The lowest BCUT2D eigenvalue weighted by molar-refractivity contribution is -0.128. The normalized spacial score (nSPS) is 16.4. The topological polar surface area (TPSA) is 93.0 Å². The quantitative estimate of drug-likeness (QED) is 0.644. The molecule has 9 heteroatoms. The van der Waals surface area contributed by atoms with Crippen LogP contribution in [0, 0.1) is 5.92 Å². The molecule has 3 aromatic heterocycles. The molecule has 1 saturated heterocycles. The van der Waals surface area contributed by atoms with Gasteiger partial charge in [-0.3, -0.25) is 24.2 Å². The number of nitrogens with zero attached hydrogens (tertiary/aromatic N) is 5. The zero-order valence-electron chi connectivity index (χ0n) is 16.1. The van der Waals surface area contributed by atoms with Gasteiger partial charge in [-0.05, 0) is 18.4 Å². The van der Waals surface area contributed by atoms with Gasteiger partial charge in [0.25, 0.3) is 0 Å². The molecule has 0 aromatic carbocycles. The Morgan fingerprint density at radius 2 is 2.24 bits per heavy atom. The van der Waals surface area contributed by atoms with Crippen molar-refractivity contribution in [1.29, 1.82) is 0 Å². The highest BCUT2D eigenvalue weighted by molar-refractivity contribution is 7.13. The lowest BCUT2D eigenvalue weighted by Gasteiger charge is -2.14. The standard InChI is InChI=1S/C20H22N6O2S/c1-2-25-13-14(10-18(25)27)20(28)23-7-8-26-19(17-4-3-9-29-17)15(11-24-26)16-12-21-5-6-22-16/h3-6,9,11-12,14H,2,7-8,10,13H2,1H3,(H,23,28)/t14-/m0/s1. The maximum absolute atomic E-state index is 12.4. The van der Waals surface area contributed by atoms with E-state index in [9.17, 15) is 9.59 Å². The number of rotatable bonds is 7. The van der Waals surface area contributed by atoms with Crippen molar-refractivity contribution in [1.82, 2.24) is 30.0 Å². The maximum atomic E-state index is 12.4. The highest BCUT2D eigenvalue weighted by Crippen LogP contribution is 2.33. The number of amides is 2. The van der Waals surface area contributed by atoms with E-state index in [0.29, 0.717) is 32.6 Å². The van der Waals surface area contributed by atoms with Crippen LogP contribution < -0.4 is 5.32 Å². The first kappa shape index (κ1) is 19.3. The summed E-state index contributed by atoms with van der Waals surface area (Å²) in [6, 6.07) is 4.04. The average molecular weight is 411 g/mol. The number of thiophene rings is 1. The Labute approximate surface area is 172 Å². The van der Waals surface area contributed by atoms with Crippen molar-refractivity contribution in [3.05, 3.63) is 42.3 Å². The van der Waals surface area contributed by atoms with Crippen molar-refractivity contribution < 1.29 is 9.59 Å². The third kappa shape index (κ3) is 4.04. The molecule has 0 radical (unpaired) electrons. The van der Waals surface area contributed by atoms with Crippen LogP contribution in [0.1, 0.15) is 13.3 Å². The highest BCUT2D eigenvalue weighted by Gasteiger charge is 2.33. The Hall–Kier alpha value is -3.07. The molecular formula is C20H22N6O2S. The Bertz CT molecular complexity index is 986. The Kier molecular flexibility index (Phi) is 5.66. The number of carbonyl (C=O) groups excluding carboxylic acids is 2. The van der Waals surface area contributed by atoms with Crippen LogP contribution in [0.15, 0.2) is 42.3 Å². The van der Waals surface area contributed by atoms with E-state index < -0.39 is 0 Å². The zero-order chi connectivity index (χ0) is 20.2. The van der Waals surface area contributed by atoms with Crippen LogP contribution in [0.3, 0.4) is 0 Å².